The Labute approximate surface area is 125 Å². The minimum absolute atomic E-state index is 0.00565. The summed E-state index contributed by atoms with van der Waals surface area (Å²) in [6.07, 6.45) is 1.80. The van der Waals surface area contributed by atoms with Gasteiger partial charge in [-0.05, 0) is 37.5 Å². The molecule has 3 unspecified atom stereocenters. The van der Waals surface area contributed by atoms with Crippen molar-refractivity contribution in [2.45, 2.75) is 37.4 Å². The number of nitrogens with zero attached hydrogens (tertiary/aromatic N) is 2. The van der Waals surface area contributed by atoms with Gasteiger partial charge in [0, 0.05) is 11.1 Å². The summed E-state index contributed by atoms with van der Waals surface area (Å²) in [4.78, 5) is 17.2. The zero-order chi connectivity index (χ0) is 14.6. The maximum atomic E-state index is 11.3. The van der Waals surface area contributed by atoms with Crippen molar-refractivity contribution < 1.29 is 14.3 Å². The van der Waals surface area contributed by atoms with E-state index >= 15 is 0 Å². The van der Waals surface area contributed by atoms with Gasteiger partial charge in [-0.2, -0.15) is 4.98 Å². The predicted octanol–water partition coefficient (Wildman–Crippen LogP) is 3.18. The molecule has 0 aliphatic carbocycles. The van der Waals surface area contributed by atoms with E-state index < -0.39 is 6.09 Å². The molecule has 2 aromatic rings. The Balaban J connectivity index is 1.57. The van der Waals surface area contributed by atoms with E-state index in [1.54, 1.807) is 23.1 Å². The first-order valence-corrected chi connectivity index (χ1v) is 7.33. The fraction of sp³-hybridized carbons (Fsp3) is 0.429. The van der Waals surface area contributed by atoms with Crippen molar-refractivity contribution in [2.75, 3.05) is 5.32 Å². The zero-order valence-electron chi connectivity index (χ0n) is 11.1. The number of hydrogen-bond donors (Lipinski definition) is 2. The number of benzene rings is 1. The lowest BCUT2D eigenvalue weighted by Gasteiger charge is -2.22. The van der Waals surface area contributed by atoms with E-state index in [4.69, 9.17) is 16.0 Å². The van der Waals surface area contributed by atoms with Crippen molar-refractivity contribution in [3.63, 3.8) is 0 Å². The van der Waals surface area contributed by atoms with Gasteiger partial charge in [0.15, 0.2) is 5.58 Å². The summed E-state index contributed by atoms with van der Waals surface area (Å²) in [5, 5.41) is 13.1. The van der Waals surface area contributed by atoms with Crippen molar-refractivity contribution >= 4 is 34.8 Å². The van der Waals surface area contributed by atoms with E-state index in [0.29, 0.717) is 22.1 Å². The van der Waals surface area contributed by atoms with Gasteiger partial charge >= 0.3 is 6.09 Å². The molecule has 2 aliphatic rings. The highest BCUT2D eigenvalue weighted by molar-refractivity contribution is 6.31. The minimum Gasteiger partial charge on any atom is -0.465 e. The van der Waals surface area contributed by atoms with Crippen LogP contribution in [0.15, 0.2) is 22.6 Å². The lowest BCUT2D eigenvalue weighted by atomic mass is 9.96. The van der Waals surface area contributed by atoms with Crippen molar-refractivity contribution in [3.8, 4) is 0 Å². The summed E-state index contributed by atoms with van der Waals surface area (Å²) < 4.78 is 5.64. The Bertz CT molecular complexity index is 717. The molecule has 2 bridgehead atoms. The fourth-order valence-electron chi connectivity index (χ4n) is 3.56. The normalized spacial score (nSPS) is 27.5. The maximum Gasteiger partial charge on any atom is 0.407 e. The maximum absolute atomic E-state index is 11.3. The Morgan fingerprint density at radius 2 is 2.33 bits per heavy atom. The number of nitrogens with one attached hydrogen (secondary N) is 1. The number of oxazole rings is 1. The van der Waals surface area contributed by atoms with E-state index in [2.05, 4.69) is 10.3 Å². The third kappa shape index (κ3) is 2.01. The van der Waals surface area contributed by atoms with Gasteiger partial charge in [0.05, 0.1) is 12.1 Å². The van der Waals surface area contributed by atoms with Gasteiger partial charge in [0.25, 0.3) is 6.01 Å². The Kier molecular flexibility index (Phi) is 2.75. The molecule has 110 valence electrons. The second kappa shape index (κ2) is 4.53. The molecular weight excluding hydrogens is 294 g/mol. The van der Waals surface area contributed by atoms with E-state index in [9.17, 15) is 9.90 Å². The van der Waals surface area contributed by atoms with Crippen molar-refractivity contribution in [1.29, 1.82) is 0 Å². The molecule has 7 heteroatoms. The van der Waals surface area contributed by atoms with Gasteiger partial charge < -0.3 is 19.7 Å². The van der Waals surface area contributed by atoms with Gasteiger partial charge in [-0.1, -0.05) is 11.6 Å². The summed E-state index contributed by atoms with van der Waals surface area (Å²) in [6.45, 7) is 0. The predicted molar refractivity (Wildman–Crippen MR) is 77.7 cm³/mol. The molecule has 1 amide bonds. The molecule has 21 heavy (non-hydrogen) atoms. The molecule has 2 saturated heterocycles. The van der Waals surface area contributed by atoms with Gasteiger partial charge in [0.1, 0.15) is 5.52 Å². The number of hydrogen-bond acceptors (Lipinski definition) is 4. The van der Waals surface area contributed by atoms with Gasteiger partial charge in [-0.15, -0.1) is 0 Å². The number of halogens is 1. The molecule has 0 spiro atoms. The smallest absolute Gasteiger partial charge is 0.407 e. The number of anilines is 1. The van der Waals surface area contributed by atoms with Crippen LogP contribution in [0.4, 0.5) is 10.8 Å². The summed E-state index contributed by atoms with van der Waals surface area (Å²) >= 11 is 5.93. The van der Waals surface area contributed by atoms with Crippen molar-refractivity contribution in [2.24, 2.45) is 0 Å². The SMILES string of the molecule is O=C(O)N1C2CCC1C(Nc1nc3cc(Cl)ccc3o1)C2. The Morgan fingerprint density at radius 1 is 1.48 bits per heavy atom. The Hall–Kier alpha value is -1.95. The number of fused-ring (bicyclic) bond motifs is 3. The molecule has 2 fully saturated rings. The quantitative estimate of drug-likeness (QED) is 0.891. The number of carbonyl (C=O) groups is 1. The average molecular weight is 308 g/mol. The fourth-order valence-corrected chi connectivity index (χ4v) is 3.73. The first-order chi connectivity index (χ1) is 10.1. The molecule has 4 rings (SSSR count). The topological polar surface area (TPSA) is 78.6 Å². The number of rotatable bonds is 2. The van der Waals surface area contributed by atoms with Crippen LogP contribution in [-0.4, -0.2) is 39.2 Å². The van der Waals surface area contributed by atoms with E-state index in [-0.39, 0.29) is 18.1 Å². The highest BCUT2D eigenvalue weighted by atomic mass is 35.5. The summed E-state index contributed by atoms with van der Waals surface area (Å²) in [7, 11) is 0. The third-order valence-corrected chi connectivity index (χ3v) is 4.65. The van der Waals surface area contributed by atoms with Crippen LogP contribution in [0.2, 0.25) is 5.02 Å². The standard InChI is InChI=1S/C14H14ClN3O3/c15-7-1-4-12-10(5-7)17-13(21-12)16-9-6-8-2-3-11(9)18(8)14(19)20/h1,4-5,8-9,11H,2-3,6H2,(H,16,17)(H,19,20). The van der Waals surface area contributed by atoms with E-state index in [1.807, 2.05) is 0 Å². The summed E-state index contributed by atoms with van der Waals surface area (Å²) in [5.74, 6) is 0. The molecule has 6 nitrogen and oxygen atoms in total. The van der Waals surface area contributed by atoms with Crippen molar-refractivity contribution in [1.82, 2.24) is 9.88 Å². The molecule has 0 radical (unpaired) electrons. The van der Waals surface area contributed by atoms with Crippen LogP contribution in [0, 0.1) is 0 Å². The highest BCUT2D eigenvalue weighted by Gasteiger charge is 2.49. The van der Waals surface area contributed by atoms with Crippen LogP contribution in [0.1, 0.15) is 19.3 Å². The first-order valence-electron chi connectivity index (χ1n) is 6.96. The number of amides is 1. The zero-order valence-corrected chi connectivity index (χ0v) is 11.9. The van der Waals surface area contributed by atoms with E-state index in [1.165, 1.54) is 0 Å². The Morgan fingerprint density at radius 3 is 3.10 bits per heavy atom. The van der Waals surface area contributed by atoms with Crippen LogP contribution in [-0.2, 0) is 0 Å². The average Bonchev–Trinajstić information content (AvgIpc) is 3.09. The van der Waals surface area contributed by atoms with Crippen LogP contribution in [0.3, 0.4) is 0 Å². The largest absolute Gasteiger partial charge is 0.465 e. The van der Waals surface area contributed by atoms with Crippen LogP contribution in [0.5, 0.6) is 0 Å². The van der Waals surface area contributed by atoms with Gasteiger partial charge in [-0.25, -0.2) is 4.79 Å². The molecule has 1 aromatic carbocycles. The number of aromatic nitrogens is 1. The number of carboxylic acid groups (broad SMARTS) is 1. The van der Waals surface area contributed by atoms with Crippen LogP contribution < -0.4 is 5.32 Å². The van der Waals surface area contributed by atoms with Gasteiger partial charge in [0.2, 0.25) is 0 Å². The monoisotopic (exact) mass is 307 g/mol. The molecule has 3 atom stereocenters. The minimum atomic E-state index is -0.837. The molecule has 2 aliphatic heterocycles. The van der Waals surface area contributed by atoms with Crippen LogP contribution >= 0.6 is 11.6 Å². The molecule has 2 N–H and O–H groups in total. The van der Waals surface area contributed by atoms with Gasteiger partial charge in [-0.3, -0.25) is 0 Å². The van der Waals surface area contributed by atoms with Crippen LogP contribution in [0.25, 0.3) is 11.1 Å². The van der Waals surface area contributed by atoms with E-state index in [0.717, 1.165) is 19.3 Å². The third-order valence-electron chi connectivity index (χ3n) is 4.42. The first kappa shape index (κ1) is 12.8. The second-order valence-electron chi connectivity index (χ2n) is 5.61. The molecule has 0 saturated carbocycles. The van der Waals surface area contributed by atoms with Crippen molar-refractivity contribution in [3.05, 3.63) is 23.2 Å². The lowest BCUT2D eigenvalue weighted by molar-refractivity contribution is 0.138. The lowest BCUT2D eigenvalue weighted by Crippen LogP contribution is -2.39. The molecule has 3 heterocycles. The summed E-state index contributed by atoms with van der Waals surface area (Å²) in [5.41, 5.74) is 1.36. The highest BCUT2D eigenvalue weighted by Crippen LogP contribution is 2.39. The summed E-state index contributed by atoms with van der Waals surface area (Å²) in [6, 6.07) is 5.88. The molecular formula is C14H14ClN3O3. The second-order valence-corrected chi connectivity index (χ2v) is 6.04. The molecule has 1 aromatic heterocycles.